The summed E-state index contributed by atoms with van der Waals surface area (Å²) in [5.41, 5.74) is -0.544. The summed E-state index contributed by atoms with van der Waals surface area (Å²) < 4.78 is 5.88. The van der Waals surface area contributed by atoms with Crippen molar-refractivity contribution >= 4 is 6.09 Å². The van der Waals surface area contributed by atoms with Crippen molar-refractivity contribution in [2.45, 2.75) is 38.0 Å². The van der Waals surface area contributed by atoms with Crippen LogP contribution < -0.4 is 5.32 Å². The maximum absolute atomic E-state index is 12.1. The standard InChI is InChI=1S/C14H20N2O2/c1-13(11-8-9-3-4-10(11)7-9)14(2)15-5-6-16(14)12(17)18-13/h3-4,9-11,15H,5-8H2,1-2H3/p+1. The summed E-state index contributed by atoms with van der Waals surface area (Å²) >= 11 is 0. The minimum absolute atomic E-state index is 0.111. The Morgan fingerprint density at radius 2 is 2.22 bits per heavy atom. The van der Waals surface area contributed by atoms with Gasteiger partial charge in [0.2, 0.25) is 5.66 Å². The molecule has 98 valence electrons. The highest BCUT2D eigenvalue weighted by Crippen LogP contribution is 2.54. The lowest BCUT2D eigenvalue weighted by molar-refractivity contribution is -0.727. The van der Waals surface area contributed by atoms with Gasteiger partial charge in [-0.3, -0.25) is 0 Å². The zero-order chi connectivity index (χ0) is 12.5. The van der Waals surface area contributed by atoms with Gasteiger partial charge < -0.3 is 10.1 Å². The number of carbonyl (C=O) groups excluding carboxylic acids is 1. The second-order valence-electron chi connectivity index (χ2n) is 6.65. The third-order valence-electron chi connectivity index (χ3n) is 5.97. The molecule has 4 heteroatoms. The lowest BCUT2D eigenvalue weighted by Gasteiger charge is -2.41. The average molecular weight is 249 g/mol. The summed E-state index contributed by atoms with van der Waals surface area (Å²) in [7, 11) is 0. The van der Waals surface area contributed by atoms with Gasteiger partial charge in [-0.1, -0.05) is 12.2 Å². The van der Waals surface area contributed by atoms with E-state index in [0.717, 1.165) is 19.0 Å². The number of allylic oxidation sites excluding steroid dienone is 2. The van der Waals surface area contributed by atoms with Crippen LogP contribution in [-0.2, 0) is 4.74 Å². The molecule has 2 N–H and O–H groups in total. The van der Waals surface area contributed by atoms with Crippen LogP contribution in [0, 0.1) is 17.8 Å². The van der Waals surface area contributed by atoms with Crippen molar-refractivity contribution in [1.82, 2.24) is 4.90 Å². The molecule has 0 aromatic rings. The predicted molar refractivity (Wildman–Crippen MR) is 65.6 cm³/mol. The SMILES string of the molecule is CC1(C2CC3C=CC2C3)OC(=O)N2CC[NH2+]C21C. The number of hydrogen-bond donors (Lipinski definition) is 1. The molecule has 0 spiro atoms. The van der Waals surface area contributed by atoms with Crippen molar-refractivity contribution < 1.29 is 14.8 Å². The van der Waals surface area contributed by atoms with Gasteiger partial charge in [0.1, 0.15) is 0 Å². The van der Waals surface area contributed by atoms with Crippen molar-refractivity contribution in [3.05, 3.63) is 12.2 Å². The van der Waals surface area contributed by atoms with E-state index in [2.05, 4.69) is 31.3 Å². The Kier molecular flexibility index (Phi) is 1.87. The Bertz CT molecular complexity index is 449. The molecule has 5 unspecified atom stereocenters. The molecular formula is C14H21N2O2+. The zero-order valence-corrected chi connectivity index (χ0v) is 11.1. The number of nitrogens with two attached hydrogens (primary N) is 1. The molecule has 1 amide bonds. The zero-order valence-electron chi connectivity index (χ0n) is 11.1. The van der Waals surface area contributed by atoms with Crippen LogP contribution in [0.5, 0.6) is 0 Å². The Labute approximate surface area is 107 Å². The smallest absolute Gasteiger partial charge is 0.415 e. The number of nitrogens with zero attached hydrogens (tertiary/aromatic N) is 1. The number of hydrogen-bond acceptors (Lipinski definition) is 2. The fraction of sp³-hybridized carbons (Fsp3) is 0.786. The monoisotopic (exact) mass is 249 g/mol. The Morgan fingerprint density at radius 1 is 1.39 bits per heavy atom. The van der Waals surface area contributed by atoms with Gasteiger partial charge in [-0.25, -0.2) is 9.69 Å². The van der Waals surface area contributed by atoms with E-state index in [9.17, 15) is 4.79 Å². The third-order valence-corrected chi connectivity index (χ3v) is 5.97. The van der Waals surface area contributed by atoms with Crippen LogP contribution in [0.2, 0.25) is 0 Å². The number of fused-ring (bicyclic) bond motifs is 3. The van der Waals surface area contributed by atoms with E-state index >= 15 is 0 Å². The van der Waals surface area contributed by atoms with Gasteiger partial charge in [0, 0.05) is 12.8 Å². The Balaban J connectivity index is 1.74. The molecule has 3 fully saturated rings. The molecule has 18 heavy (non-hydrogen) atoms. The van der Waals surface area contributed by atoms with Gasteiger partial charge >= 0.3 is 6.09 Å². The van der Waals surface area contributed by atoms with E-state index < -0.39 is 0 Å². The second kappa shape index (κ2) is 3.10. The summed E-state index contributed by atoms with van der Waals surface area (Å²) in [6, 6.07) is 0. The van der Waals surface area contributed by atoms with Crippen LogP contribution in [-0.4, -0.2) is 35.3 Å². The van der Waals surface area contributed by atoms with E-state index in [4.69, 9.17) is 4.74 Å². The third kappa shape index (κ3) is 1.04. The van der Waals surface area contributed by atoms with Gasteiger partial charge in [0.25, 0.3) is 0 Å². The van der Waals surface area contributed by atoms with Crippen LogP contribution in [0.25, 0.3) is 0 Å². The van der Waals surface area contributed by atoms with E-state index in [0.29, 0.717) is 11.8 Å². The fourth-order valence-electron chi connectivity index (χ4n) is 4.77. The average Bonchev–Trinajstić information content (AvgIpc) is 3.04. The largest absolute Gasteiger partial charge is 0.434 e. The van der Waals surface area contributed by atoms with Crippen molar-refractivity contribution in [2.24, 2.45) is 17.8 Å². The van der Waals surface area contributed by atoms with Gasteiger partial charge in [0.15, 0.2) is 5.60 Å². The molecule has 2 bridgehead atoms. The molecule has 2 saturated heterocycles. The van der Waals surface area contributed by atoms with E-state index in [1.54, 1.807) is 0 Å². The van der Waals surface area contributed by atoms with E-state index in [1.165, 1.54) is 12.8 Å². The molecule has 2 heterocycles. The first-order valence-corrected chi connectivity index (χ1v) is 7.08. The maximum atomic E-state index is 12.1. The highest BCUT2D eigenvalue weighted by Gasteiger charge is 2.70. The van der Waals surface area contributed by atoms with Crippen molar-refractivity contribution in [3.63, 3.8) is 0 Å². The lowest BCUT2D eigenvalue weighted by atomic mass is 9.73. The molecule has 0 aromatic heterocycles. The van der Waals surface area contributed by atoms with Gasteiger partial charge in [0.05, 0.1) is 13.1 Å². The number of carbonyl (C=O) groups is 1. The molecule has 4 nitrogen and oxygen atoms in total. The topological polar surface area (TPSA) is 46.1 Å². The number of quaternary nitrogens is 1. The normalized spacial score (nSPS) is 53.1. The second-order valence-corrected chi connectivity index (χ2v) is 6.65. The summed E-state index contributed by atoms with van der Waals surface area (Å²) in [5.74, 6) is 1.81. The first kappa shape index (κ1) is 10.9. The van der Waals surface area contributed by atoms with Crippen LogP contribution in [0.3, 0.4) is 0 Å². The number of ether oxygens (including phenoxy) is 1. The minimum Gasteiger partial charge on any atom is -0.434 e. The molecule has 5 atom stereocenters. The minimum atomic E-state index is -0.342. The van der Waals surface area contributed by atoms with Gasteiger partial charge in [-0.05, 0) is 31.6 Å². The summed E-state index contributed by atoms with van der Waals surface area (Å²) in [4.78, 5) is 14.0. The highest BCUT2D eigenvalue weighted by atomic mass is 16.6. The maximum Gasteiger partial charge on any atom is 0.415 e. The molecular weight excluding hydrogens is 228 g/mol. The van der Waals surface area contributed by atoms with Crippen molar-refractivity contribution in [2.75, 3.05) is 13.1 Å². The first-order chi connectivity index (χ1) is 8.54. The molecule has 2 aliphatic heterocycles. The Morgan fingerprint density at radius 3 is 2.89 bits per heavy atom. The molecule has 4 rings (SSSR count). The Hall–Kier alpha value is -1.03. The molecule has 2 aliphatic carbocycles. The van der Waals surface area contributed by atoms with Crippen LogP contribution >= 0.6 is 0 Å². The van der Waals surface area contributed by atoms with E-state index in [-0.39, 0.29) is 17.4 Å². The van der Waals surface area contributed by atoms with Crippen LogP contribution in [0.15, 0.2) is 12.2 Å². The quantitative estimate of drug-likeness (QED) is 0.695. The van der Waals surface area contributed by atoms with Gasteiger partial charge in [-0.15, -0.1) is 0 Å². The predicted octanol–water partition coefficient (Wildman–Crippen LogP) is 0.703. The highest BCUT2D eigenvalue weighted by molar-refractivity contribution is 5.72. The summed E-state index contributed by atoms with van der Waals surface area (Å²) in [6.45, 7) is 6.16. The molecule has 1 saturated carbocycles. The van der Waals surface area contributed by atoms with Crippen LogP contribution in [0.1, 0.15) is 26.7 Å². The molecule has 0 radical (unpaired) electrons. The van der Waals surface area contributed by atoms with Crippen molar-refractivity contribution in [1.29, 1.82) is 0 Å². The lowest BCUT2D eigenvalue weighted by Crippen LogP contribution is -2.99. The fourth-order valence-corrected chi connectivity index (χ4v) is 4.77. The first-order valence-electron chi connectivity index (χ1n) is 7.08. The summed E-state index contributed by atoms with van der Waals surface area (Å²) in [5, 5.41) is 2.30. The van der Waals surface area contributed by atoms with Crippen LogP contribution in [0.4, 0.5) is 4.79 Å². The molecule has 0 aromatic carbocycles. The van der Waals surface area contributed by atoms with Gasteiger partial charge in [-0.2, -0.15) is 0 Å². The van der Waals surface area contributed by atoms with Crippen molar-refractivity contribution in [3.8, 4) is 0 Å². The summed E-state index contributed by atoms with van der Waals surface area (Å²) in [6.07, 6.45) is 7.02. The van der Waals surface area contributed by atoms with E-state index in [1.807, 2.05) is 4.90 Å². The number of amides is 1. The number of rotatable bonds is 1. The molecule has 4 aliphatic rings. The number of cyclic esters (lactones) is 1.